The number of nitrogens with zero attached hydrogens (tertiary/aromatic N) is 8. The van der Waals surface area contributed by atoms with Crippen molar-refractivity contribution in [3.05, 3.63) is 36.2 Å². The van der Waals surface area contributed by atoms with Gasteiger partial charge in [0.15, 0.2) is 11.5 Å². The zero-order chi connectivity index (χ0) is 16.8. The molecule has 3 aromatic heterocycles. The van der Waals surface area contributed by atoms with E-state index in [9.17, 15) is 0 Å². The summed E-state index contributed by atoms with van der Waals surface area (Å²) < 4.78 is 4.03. The Kier molecular flexibility index (Phi) is 3.44. The molecule has 0 spiro atoms. The second-order valence-corrected chi connectivity index (χ2v) is 7.01. The summed E-state index contributed by atoms with van der Waals surface area (Å²) >= 11 is 0. The second-order valence-electron chi connectivity index (χ2n) is 7.01. The highest BCUT2D eigenvalue weighted by Gasteiger charge is 2.29. The fraction of sp³-hybridized carbons (Fsp3) is 0.529. The van der Waals surface area contributed by atoms with Gasteiger partial charge in [0.1, 0.15) is 11.6 Å². The van der Waals surface area contributed by atoms with Crippen LogP contribution in [0.15, 0.2) is 24.5 Å². The van der Waals surface area contributed by atoms with Crippen molar-refractivity contribution in [2.24, 2.45) is 7.05 Å². The highest BCUT2D eigenvalue weighted by molar-refractivity contribution is 5.46. The fourth-order valence-electron chi connectivity index (χ4n) is 3.44. The molecule has 3 aromatic rings. The third kappa shape index (κ3) is 2.76. The van der Waals surface area contributed by atoms with Crippen LogP contribution in [-0.2, 0) is 13.6 Å². The molecule has 0 unspecified atom stereocenters. The molecule has 0 radical (unpaired) electrons. The lowest BCUT2D eigenvalue weighted by Crippen LogP contribution is -2.46. The predicted molar refractivity (Wildman–Crippen MR) is 93.5 cm³/mol. The van der Waals surface area contributed by atoms with Gasteiger partial charge in [-0.1, -0.05) is 0 Å². The largest absolute Gasteiger partial charge is 0.353 e. The number of imidazole rings is 1. The summed E-state index contributed by atoms with van der Waals surface area (Å²) in [7, 11) is 2.05. The Bertz CT molecular complexity index is 885. The van der Waals surface area contributed by atoms with Gasteiger partial charge >= 0.3 is 0 Å². The number of hydrogen-bond acceptors (Lipinski definition) is 6. The SMILES string of the molecule is Cn1ccnc1CN1CCN(c2ccc3nnc(C4CC4)n3n2)CC1. The van der Waals surface area contributed by atoms with Gasteiger partial charge in [-0.15, -0.1) is 15.3 Å². The molecule has 5 rings (SSSR count). The predicted octanol–water partition coefficient (Wildman–Crippen LogP) is 1.06. The van der Waals surface area contributed by atoms with Crippen LogP contribution in [0.1, 0.15) is 30.4 Å². The van der Waals surface area contributed by atoms with Crippen molar-refractivity contribution >= 4 is 11.5 Å². The van der Waals surface area contributed by atoms with E-state index in [1.54, 1.807) is 0 Å². The van der Waals surface area contributed by atoms with E-state index in [4.69, 9.17) is 5.10 Å². The van der Waals surface area contributed by atoms with Gasteiger partial charge in [-0.25, -0.2) is 4.98 Å². The first-order valence-corrected chi connectivity index (χ1v) is 8.94. The molecule has 8 heteroatoms. The average molecular weight is 338 g/mol. The highest BCUT2D eigenvalue weighted by atomic mass is 15.4. The van der Waals surface area contributed by atoms with E-state index in [0.29, 0.717) is 5.92 Å². The topological polar surface area (TPSA) is 67.4 Å². The van der Waals surface area contributed by atoms with Gasteiger partial charge in [-0.3, -0.25) is 4.90 Å². The fourth-order valence-corrected chi connectivity index (χ4v) is 3.44. The summed E-state index contributed by atoms with van der Waals surface area (Å²) in [5.74, 6) is 3.70. The van der Waals surface area contributed by atoms with Crippen molar-refractivity contribution in [2.45, 2.75) is 25.3 Å². The van der Waals surface area contributed by atoms with Crippen LogP contribution in [0, 0.1) is 0 Å². The first kappa shape index (κ1) is 14.8. The maximum absolute atomic E-state index is 4.82. The molecule has 1 aliphatic heterocycles. The molecular weight excluding hydrogens is 316 g/mol. The zero-order valence-corrected chi connectivity index (χ0v) is 14.4. The third-order valence-corrected chi connectivity index (χ3v) is 5.20. The molecule has 0 atom stereocenters. The van der Waals surface area contributed by atoms with Gasteiger partial charge in [0, 0.05) is 51.5 Å². The molecule has 0 N–H and O–H groups in total. The average Bonchev–Trinajstić information content (AvgIpc) is 3.27. The molecule has 25 heavy (non-hydrogen) atoms. The number of piperazine rings is 1. The maximum Gasteiger partial charge on any atom is 0.178 e. The molecule has 1 aliphatic carbocycles. The van der Waals surface area contributed by atoms with Gasteiger partial charge in [0.05, 0.1) is 6.54 Å². The van der Waals surface area contributed by atoms with Gasteiger partial charge in [0.2, 0.25) is 0 Å². The number of aromatic nitrogens is 6. The Morgan fingerprint density at radius 1 is 1.08 bits per heavy atom. The molecule has 1 saturated heterocycles. The van der Waals surface area contributed by atoms with Crippen LogP contribution in [0.2, 0.25) is 0 Å². The van der Waals surface area contributed by atoms with Gasteiger partial charge in [-0.2, -0.15) is 4.52 Å². The van der Waals surface area contributed by atoms with Crippen LogP contribution >= 0.6 is 0 Å². The van der Waals surface area contributed by atoms with E-state index < -0.39 is 0 Å². The Morgan fingerprint density at radius 2 is 1.92 bits per heavy atom. The Hall–Kier alpha value is -2.48. The van der Waals surface area contributed by atoms with Crippen LogP contribution in [-0.4, -0.2) is 60.4 Å². The highest BCUT2D eigenvalue weighted by Crippen LogP contribution is 2.38. The first-order valence-electron chi connectivity index (χ1n) is 8.94. The van der Waals surface area contributed by atoms with Gasteiger partial charge < -0.3 is 9.47 Å². The van der Waals surface area contributed by atoms with Gasteiger partial charge in [-0.05, 0) is 25.0 Å². The van der Waals surface area contributed by atoms with Crippen molar-refractivity contribution in [1.82, 2.24) is 34.3 Å². The van der Waals surface area contributed by atoms with Crippen molar-refractivity contribution in [3.63, 3.8) is 0 Å². The monoisotopic (exact) mass is 338 g/mol. The lowest BCUT2D eigenvalue weighted by atomic mass is 10.3. The summed E-state index contributed by atoms with van der Waals surface area (Å²) in [4.78, 5) is 9.23. The summed E-state index contributed by atoms with van der Waals surface area (Å²) in [5, 5.41) is 13.4. The maximum atomic E-state index is 4.82. The molecule has 0 bridgehead atoms. The minimum Gasteiger partial charge on any atom is -0.353 e. The Balaban J connectivity index is 1.29. The number of rotatable bonds is 4. The molecule has 1 saturated carbocycles. The van der Waals surface area contributed by atoms with Crippen molar-refractivity contribution in [2.75, 3.05) is 31.1 Å². The smallest absolute Gasteiger partial charge is 0.178 e. The van der Waals surface area contributed by atoms with Crippen LogP contribution in [0.3, 0.4) is 0 Å². The van der Waals surface area contributed by atoms with E-state index in [1.807, 2.05) is 30.0 Å². The van der Waals surface area contributed by atoms with Crippen molar-refractivity contribution < 1.29 is 0 Å². The Labute approximate surface area is 146 Å². The lowest BCUT2D eigenvalue weighted by molar-refractivity contribution is 0.241. The lowest BCUT2D eigenvalue weighted by Gasteiger charge is -2.35. The van der Waals surface area contributed by atoms with E-state index in [-0.39, 0.29) is 0 Å². The van der Waals surface area contributed by atoms with Crippen LogP contribution in [0.5, 0.6) is 0 Å². The summed E-state index contributed by atoms with van der Waals surface area (Å²) in [6.45, 7) is 4.89. The number of aryl methyl sites for hydroxylation is 1. The van der Waals surface area contributed by atoms with Crippen LogP contribution < -0.4 is 4.90 Å². The zero-order valence-electron chi connectivity index (χ0n) is 14.4. The second kappa shape index (κ2) is 5.80. The minimum atomic E-state index is 0.549. The molecule has 0 amide bonds. The van der Waals surface area contributed by atoms with Crippen LogP contribution in [0.4, 0.5) is 5.82 Å². The van der Waals surface area contributed by atoms with E-state index in [1.165, 1.54) is 12.8 Å². The van der Waals surface area contributed by atoms with Crippen LogP contribution in [0.25, 0.3) is 5.65 Å². The standard InChI is InChI=1S/C17H22N8/c1-22-7-6-18-16(22)12-23-8-10-24(11-9-23)15-5-4-14-19-20-17(13-2-3-13)25(14)21-15/h4-7,13H,2-3,8-12H2,1H3. The summed E-state index contributed by atoms with van der Waals surface area (Å²) in [6, 6.07) is 4.09. The number of anilines is 1. The number of fused-ring (bicyclic) bond motifs is 1. The molecule has 130 valence electrons. The minimum absolute atomic E-state index is 0.549. The normalized spacial score (nSPS) is 19.0. The molecule has 2 aliphatic rings. The summed E-state index contributed by atoms with van der Waals surface area (Å²) in [5.41, 5.74) is 0.846. The molecule has 0 aromatic carbocycles. The van der Waals surface area contributed by atoms with Gasteiger partial charge in [0.25, 0.3) is 0 Å². The number of hydrogen-bond donors (Lipinski definition) is 0. The Morgan fingerprint density at radius 3 is 2.64 bits per heavy atom. The first-order chi connectivity index (χ1) is 12.3. The molecule has 4 heterocycles. The van der Waals surface area contributed by atoms with Crippen molar-refractivity contribution in [1.29, 1.82) is 0 Å². The molecule has 2 fully saturated rings. The van der Waals surface area contributed by atoms with E-state index in [2.05, 4.69) is 35.6 Å². The van der Waals surface area contributed by atoms with Crippen molar-refractivity contribution in [3.8, 4) is 0 Å². The van der Waals surface area contributed by atoms with E-state index >= 15 is 0 Å². The van der Waals surface area contributed by atoms with E-state index in [0.717, 1.165) is 55.8 Å². The molecule has 8 nitrogen and oxygen atoms in total. The third-order valence-electron chi connectivity index (χ3n) is 5.20. The quantitative estimate of drug-likeness (QED) is 0.709. The molecular formula is C17H22N8. The summed E-state index contributed by atoms with van der Waals surface area (Å²) in [6.07, 6.45) is 6.28.